The first-order chi connectivity index (χ1) is 14.2. The van der Waals surface area contributed by atoms with Crippen molar-refractivity contribution in [3.8, 4) is 17.2 Å². The van der Waals surface area contributed by atoms with Gasteiger partial charge in [0.15, 0.2) is 11.5 Å². The number of hydrogen-bond donors (Lipinski definition) is 1. The molecule has 1 atom stereocenters. The van der Waals surface area contributed by atoms with Crippen LogP contribution in [0.1, 0.15) is 11.1 Å². The molecule has 29 heavy (non-hydrogen) atoms. The lowest BCUT2D eigenvalue weighted by Crippen LogP contribution is -2.54. The Kier molecular flexibility index (Phi) is 4.89. The molecule has 152 valence electrons. The Hall–Kier alpha value is -2.93. The summed E-state index contributed by atoms with van der Waals surface area (Å²) in [6.07, 6.45) is 0.812. The largest absolute Gasteiger partial charge is 0.491 e. The highest BCUT2D eigenvalue weighted by atomic mass is 16.7. The van der Waals surface area contributed by atoms with E-state index in [0.29, 0.717) is 13.4 Å². The number of fused-ring (bicyclic) bond motifs is 2. The van der Waals surface area contributed by atoms with Crippen LogP contribution in [0.4, 0.5) is 4.79 Å². The number of nitrogens with one attached hydrogen (secondary N) is 1. The molecule has 7 heteroatoms. The van der Waals surface area contributed by atoms with Crippen LogP contribution in [-0.4, -0.2) is 61.5 Å². The van der Waals surface area contributed by atoms with Crippen LogP contribution in [-0.2, 0) is 13.0 Å². The average molecular weight is 395 g/mol. The van der Waals surface area contributed by atoms with Gasteiger partial charge in [-0.1, -0.05) is 24.3 Å². The number of urea groups is 1. The van der Waals surface area contributed by atoms with E-state index in [0.717, 1.165) is 62.0 Å². The molecule has 0 aromatic heterocycles. The smallest absolute Gasteiger partial charge is 0.317 e. The molecule has 3 aliphatic rings. The molecule has 2 aromatic carbocycles. The van der Waals surface area contributed by atoms with E-state index in [1.807, 2.05) is 35.2 Å². The fourth-order valence-electron chi connectivity index (χ4n) is 4.09. The van der Waals surface area contributed by atoms with E-state index in [2.05, 4.69) is 22.3 Å². The van der Waals surface area contributed by atoms with E-state index in [4.69, 9.17) is 14.2 Å². The highest BCUT2D eigenvalue weighted by Gasteiger charge is 2.26. The number of carbonyl (C=O) groups excluding carboxylic acids is 1. The molecule has 1 N–H and O–H groups in total. The number of piperazine rings is 1. The quantitative estimate of drug-likeness (QED) is 0.864. The monoisotopic (exact) mass is 395 g/mol. The van der Waals surface area contributed by atoms with Gasteiger partial charge in [0.1, 0.15) is 12.4 Å². The molecule has 0 unspecified atom stereocenters. The molecule has 0 spiro atoms. The SMILES string of the molecule is O=C(N[C@H]1COc2ccccc2C1)N1CCN(Cc2ccc3c(c2)OCO3)CC1. The summed E-state index contributed by atoms with van der Waals surface area (Å²) >= 11 is 0. The minimum absolute atomic E-state index is 0.000658. The third-order valence-electron chi connectivity index (χ3n) is 5.71. The highest BCUT2D eigenvalue weighted by molar-refractivity contribution is 5.74. The van der Waals surface area contributed by atoms with Gasteiger partial charge < -0.3 is 24.4 Å². The standard InChI is InChI=1S/C22H25N3O4/c26-22(23-18-12-17-3-1-2-4-19(17)27-14-18)25-9-7-24(8-10-25)13-16-5-6-20-21(11-16)29-15-28-20/h1-6,11,18H,7-10,12-15H2,(H,23,26)/t18-/m1/s1. The maximum absolute atomic E-state index is 12.7. The molecule has 1 fully saturated rings. The molecule has 1 saturated heterocycles. The van der Waals surface area contributed by atoms with Gasteiger partial charge >= 0.3 is 6.03 Å². The molecule has 0 aliphatic carbocycles. The molecule has 2 aromatic rings. The zero-order valence-electron chi connectivity index (χ0n) is 16.3. The lowest BCUT2D eigenvalue weighted by molar-refractivity contribution is 0.129. The van der Waals surface area contributed by atoms with E-state index in [9.17, 15) is 4.79 Å². The van der Waals surface area contributed by atoms with Crippen molar-refractivity contribution in [3.63, 3.8) is 0 Å². The Bertz CT molecular complexity index is 895. The Balaban J connectivity index is 1.11. The zero-order valence-corrected chi connectivity index (χ0v) is 16.3. The molecule has 5 rings (SSSR count). The molecule has 0 radical (unpaired) electrons. The van der Waals surface area contributed by atoms with Gasteiger partial charge in [-0.3, -0.25) is 4.90 Å². The van der Waals surface area contributed by atoms with Crippen LogP contribution < -0.4 is 19.5 Å². The van der Waals surface area contributed by atoms with Gasteiger partial charge in [-0.05, 0) is 35.7 Å². The number of para-hydroxylation sites is 1. The van der Waals surface area contributed by atoms with Crippen molar-refractivity contribution in [2.75, 3.05) is 39.6 Å². The van der Waals surface area contributed by atoms with E-state index in [1.165, 1.54) is 5.56 Å². The fraction of sp³-hybridized carbons (Fsp3) is 0.409. The minimum Gasteiger partial charge on any atom is -0.491 e. The Morgan fingerprint density at radius 1 is 0.966 bits per heavy atom. The third-order valence-corrected chi connectivity index (χ3v) is 5.71. The summed E-state index contributed by atoms with van der Waals surface area (Å²) in [7, 11) is 0. The van der Waals surface area contributed by atoms with Crippen molar-refractivity contribution in [1.82, 2.24) is 15.1 Å². The van der Waals surface area contributed by atoms with Gasteiger partial charge in [0.25, 0.3) is 0 Å². The first kappa shape index (κ1) is 18.1. The summed E-state index contributed by atoms with van der Waals surface area (Å²) in [5.74, 6) is 2.55. The predicted molar refractivity (Wildman–Crippen MR) is 107 cm³/mol. The summed E-state index contributed by atoms with van der Waals surface area (Å²) in [6, 6.07) is 14.1. The summed E-state index contributed by atoms with van der Waals surface area (Å²) in [5.41, 5.74) is 2.35. The van der Waals surface area contributed by atoms with Crippen LogP contribution in [0.15, 0.2) is 42.5 Å². The number of amides is 2. The lowest BCUT2D eigenvalue weighted by atomic mass is 10.0. The second-order valence-corrected chi connectivity index (χ2v) is 7.72. The van der Waals surface area contributed by atoms with Crippen molar-refractivity contribution in [3.05, 3.63) is 53.6 Å². The van der Waals surface area contributed by atoms with Crippen molar-refractivity contribution < 1.29 is 19.0 Å². The van der Waals surface area contributed by atoms with Crippen molar-refractivity contribution >= 4 is 6.03 Å². The zero-order chi connectivity index (χ0) is 19.6. The average Bonchev–Trinajstić information content (AvgIpc) is 3.22. The molecule has 0 saturated carbocycles. The van der Waals surface area contributed by atoms with Crippen LogP contribution in [0.25, 0.3) is 0 Å². The third kappa shape index (κ3) is 3.96. The van der Waals surface area contributed by atoms with Crippen LogP contribution in [0, 0.1) is 0 Å². The second-order valence-electron chi connectivity index (χ2n) is 7.72. The van der Waals surface area contributed by atoms with Gasteiger partial charge in [-0.2, -0.15) is 0 Å². The Morgan fingerprint density at radius 3 is 2.69 bits per heavy atom. The number of hydrogen-bond acceptors (Lipinski definition) is 5. The summed E-state index contributed by atoms with van der Waals surface area (Å²) in [5, 5.41) is 3.14. The fourth-order valence-corrected chi connectivity index (χ4v) is 4.09. The van der Waals surface area contributed by atoms with E-state index in [1.54, 1.807) is 0 Å². The minimum atomic E-state index is 0.000658. The summed E-state index contributed by atoms with van der Waals surface area (Å²) in [4.78, 5) is 16.9. The van der Waals surface area contributed by atoms with Gasteiger partial charge in [-0.25, -0.2) is 4.79 Å². The van der Waals surface area contributed by atoms with Crippen molar-refractivity contribution in [2.24, 2.45) is 0 Å². The normalized spacial score (nSPS) is 20.7. The highest BCUT2D eigenvalue weighted by Crippen LogP contribution is 2.32. The number of benzene rings is 2. The van der Waals surface area contributed by atoms with E-state index in [-0.39, 0.29) is 12.1 Å². The molecule has 2 amide bonds. The van der Waals surface area contributed by atoms with Gasteiger partial charge in [0, 0.05) is 32.7 Å². The van der Waals surface area contributed by atoms with Crippen molar-refractivity contribution in [1.29, 1.82) is 0 Å². The number of nitrogens with zero attached hydrogens (tertiary/aromatic N) is 2. The van der Waals surface area contributed by atoms with Crippen LogP contribution in [0.3, 0.4) is 0 Å². The molecular formula is C22H25N3O4. The first-order valence-electron chi connectivity index (χ1n) is 10.1. The van der Waals surface area contributed by atoms with Crippen LogP contribution in [0.2, 0.25) is 0 Å². The first-order valence-corrected chi connectivity index (χ1v) is 10.1. The predicted octanol–water partition coefficient (Wildman–Crippen LogP) is 2.25. The lowest BCUT2D eigenvalue weighted by Gasteiger charge is -2.36. The number of carbonyl (C=O) groups is 1. The van der Waals surface area contributed by atoms with Gasteiger partial charge in [-0.15, -0.1) is 0 Å². The second kappa shape index (κ2) is 7.83. The molecule has 3 aliphatic heterocycles. The van der Waals surface area contributed by atoms with Crippen molar-refractivity contribution in [2.45, 2.75) is 19.0 Å². The summed E-state index contributed by atoms with van der Waals surface area (Å²) < 4.78 is 16.6. The van der Waals surface area contributed by atoms with Crippen LogP contribution >= 0.6 is 0 Å². The molecule has 3 heterocycles. The van der Waals surface area contributed by atoms with Gasteiger partial charge in [0.2, 0.25) is 6.79 Å². The molecule has 0 bridgehead atoms. The van der Waals surface area contributed by atoms with Gasteiger partial charge in [0.05, 0.1) is 6.04 Å². The number of rotatable bonds is 3. The van der Waals surface area contributed by atoms with E-state index >= 15 is 0 Å². The maximum atomic E-state index is 12.7. The topological polar surface area (TPSA) is 63.3 Å². The molecule has 7 nitrogen and oxygen atoms in total. The number of ether oxygens (including phenoxy) is 3. The van der Waals surface area contributed by atoms with E-state index < -0.39 is 0 Å². The Labute approximate surface area is 170 Å². The molecular weight excluding hydrogens is 370 g/mol. The van der Waals surface area contributed by atoms with Crippen LogP contribution in [0.5, 0.6) is 17.2 Å². The maximum Gasteiger partial charge on any atom is 0.317 e. The summed E-state index contributed by atoms with van der Waals surface area (Å²) in [6.45, 7) is 4.81. The Morgan fingerprint density at radius 2 is 1.79 bits per heavy atom.